The second-order valence-corrected chi connectivity index (χ2v) is 6.41. The van der Waals surface area contributed by atoms with Gasteiger partial charge in [0.05, 0.1) is 5.41 Å². The first-order valence-electron chi connectivity index (χ1n) is 7.69. The minimum absolute atomic E-state index is 0.105. The quantitative estimate of drug-likeness (QED) is 0.704. The number of hydrogen-bond donors (Lipinski definition) is 2. The predicted molar refractivity (Wildman–Crippen MR) is 80.2 cm³/mol. The largest absolute Gasteiger partial charge is 0.481 e. The number of nitrogens with one attached hydrogen (secondary N) is 1. The summed E-state index contributed by atoms with van der Waals surface area (Å²) in [6, 6.07) is -0.105. The van der Waals surface area contributed by atoms with Crippen LogP contribution in [0.4, 0.5) is 4.79 Å². The summed E-state index contributed by atoms with van der Waals surface area (Å²) in [4.78, 5) is 24.8. The van der Waals surface area contributed by atoms with Crippen LogP contribution in [-0.2, 0) is 9.53 Å². The van der Waals surface area contributed by atoms with Crippen LogP contribution in [0.1, 0.15) is 40.0 Å². The zero-order chi connectivity index (χ0) is 15.9. The van der Waals surface area contributed by atoms with Crippen molar-refractivity contribution >= 4 is 12.0 Å². The minimum Gasteiger partial charge on any atom is -0.481 e. The second kappa shape index (κ2) is 8.22. The lowest BCUT2D eigenvalue weighted by molar-refractivity contribution is -0.150. The van der Waals surface area contributed by atoms with E-state index in [-0.39, 0.29) is 6.03 Å². The van der Waals surface area contributed by atoms with Gasteiger partial charge in [0.15, 0.2) is 0 Å². The fourth-order valence-corrected chi connectivity index (χ4v) is 2.22. The Kier molecular flexibility index (Phi) is 6.95. The first-order valence-corrected chi connectivity index (χ1v) is 7.69. The number of urea groups is 1. The average molecular weight is 300 g/mol. The molecule has 0 aromatic carbocycles. The van der Waals surface area contributed by atoms with E-state index < -0.39 is 11.4 Å². The number of piperidine rings is 1. The Hall–Kier alpha value is -1.30. The van der Waals surface area contributed by atoms with Crippen LogP contribution in [0.15, 0.2) is 0 Å². The van der Waals surface area contributed by atoms with E-state index in [0.717, 1.165) is 13.0 Å². The number of rotatable bonds is 7. The molecule has 2 amide bonds. The monoisotopic (exact) mass is 300 g/mol. The first-order chi connectivity index (χ1) is 9.85. The number of amides is 2. The van der Waals surface area contributed by atoms with Crippen molar-refractivity contribution in [1.82, 2.24) is 10.2 Å². The molecule has 0 bridgehead atoms. The van der Waals surface area contributed by atoms with E-state index >= 15 is 0 Å². The number of carboxylic acid groups (broad SMARTS) is 1. The molecular formula is C15H28N2O4. The topological polar surface area (TPSA) is 78.9 Å². The number of likely N-dealkylation sites (tertiary alicyclic amines) is 1. The van der Waals surface area contributed by atoms with Crippen LogP contribution in [0.2, 0.25) is 0 Å². The molecule has 1 aliphatic heterocycles. The molecule has 0 atom stereocenters. The normalized spacial score (nSPS) is 17.8. The average Bonchev–Trinajstić information content (AvgIpc) is 2.42. The number of nitrogens with zero attached hydrogens (tertiary/aromatic N) is 1. The third-order valence-electron chi connectivity index (χ3n) is 3.86. The Labute approximate surface area is 126 Å². The maximum absolute atomic E-state index is 11.9. The summed E-state index contributed by atoms with van der Waals surface area (Å²) in [5.41, 5.74) is -0.693. The van der Waals surface area contributed by atoms with Gasteiger partial charge in [0.1, 0.15) is 0 Å². The van der Waals surface area contributed by atoms with E-state index in [1.807, 2.05) is 0 Å². The van der Waals surface area contributed by atoms with Gasteiger partial charge in [-0.15, -0.1) is 0 Å². The molecule has 0 saturated carbocycles. The zero-order valence-corrected chi connectivity index (χ0v) is 13.4. The van der Waals surface area contributed by atoms with Gasteiger partial charge in [-0.05, 0) is 32.1 Å². The summed E-state index contributed by atoms with van der Waals surface area (Å²) in [7, 11) is 0. The summed E-state index contributed by atoms with van der Waals surface area (Å²) >= 11 is 0. The van der Waals surface area contributed by atoms with Gasteiger partial charge in [-0.1, -0.05) is 13.8 Å². The van der Waals surface area contributed by atoms with Crippen molar-refractivity contribution in [3.8, 4) is 0 Å². The zero-order valence-electron chi connectivity index (χ0n) is 13.4. The molecule has 6 nitrogen and oxygen atoms in total. The van der Waals surface area contributed by atoms with Crippen LogP contribution < -0.4 is 5.32 Å². The highest BCUT2D eigenvalue weighted by atomic mass is 16.5. The molecule has 0 unspecified atom stereocenters. The van der Waals surface area contributed by atoms with Crippen molar-refractivity contribution in [1.29, 1.82) is 0 Å². The van der Waals surface area contributed by atoms with Crippen LogP contribution in [0.25, 0.3) is 0 Å². The Balaban J connectivity index is 2.15. The highest BCUT2D eigenvalue weighted by Crippen LogP contribution is 2.30. The lowest BCUT2D eigenvalue weighted by Gasteiger charge is -2.36. The van der Waals surface area contributed by atoms with E-state index in [0.29, 0.717) is 45.0 Å². The number of hydrogen-bond acceptors (Lipinski definition) is 3. The third-order valence-corrected chi connectivity index (χ3v) is 3.86. The molecular weight excluding hydrogens is 272 g/mol. The maximum Gasteiger partial charge on any atom is 0.317 e. The van der Waals surface area contributed by atoms with E-state index in [1.54, 1.807) is 11.8 Å². The Morgan fingerprint density at radius 1 is 1.33 bits per heavy atom. The number of ether oxygens (including phenoxy) is 1. The molecule has 1 saturated heterocycles. The molecule has 21 heavy (non-hydrogen) atoms. The summed E-state index contributed by atoms with van der Waals surface area (Å²) in [5.74, 6) is -0.249. The molecule has 1 aliphatic rings. The summed E-state index contributed by atoms with van der Waals surface area (Å²) in [5, 5.41) is 12.0. The van der Waals surface area contributed by atoms with Gasteiger partial charge in [-0.3, -0.25) is 4.79 Å². The van der Waals surface area contributed by atoms with Crippen molar-refractivity contribution in [2.24, 2.45) is 11.3 Å². The number of aliphatic carboxylic acids is 1. The summed E-state index contributed by atoms with van der Waals surface area (Å²) in [6.07, 6.45) is 1.81. The van der Waals surface area contributed by atoms with Gasteiger partial charge in [-0.2, -0.15) is 0 Å². The fraction of sp³-hybridized carbons (Fsp3) is 0.867. The van der Waals surface area contributed by atoms with E-state index in [4.69, 9.17) is 9.84 Å². The molecule has 2 N–H and O–H groups in total. The predicted octanol–water partition coefficient (Wildman–Crippen LogP) is 1.95. The highest BCUT2D eigenvalue weighted by molar-refractivity contribution is 5.76. The molecule has 0 radical (unpaired) electrons. The van der Waals surface area contributed by atoms with Gasteiger partial charge in [-0.25, -0.2) is 4.79 Å². The fourth-order valence-electron chi connectivity index (χ4n) is 2.22. The SMILES string of the molecule is CC(C)COCCCNC(=O)N1CCC(C)(C(=O)O)CC1. The molecule has 1 rings (SSSR count). The van der Waals surface area contributed by atoms with Crippen molar-refractivity contribution in [2.45, 2.75) is 40.0 Å². The first kappa shape index (κ1) is 17.8. The second-order valence-electron chi connectivity index (χ2n) is 6.41. The van der Waals surface area contributed by atoms with E-state index in [9.17, 15) is 9.59 Å². The van der Waals surface area contributed by atoms with Gasteiger partial charge in [0.25, 0.3) is 0 Å². The van der Waals surface area contributed by atoms with Crippen LogP contribution in [0.5, 0.6) is 0 Å². The number of carbonyl (C=O) groups excluding carboxylic acids is 1. The van der Waals surface area contributed by atoms with Crippen molar-refractivity contribution in [3.63, 3.8) is 0 Å². The van der Waals surface area contributed by atoms with Crippen molar-refractivity contribution < 1.29 is 19.4 Å². The smallest absolute Gasteiger partial charge is 0.317 e. The van der Waals surface area contributed by atoms with Crippen LogP contribution in [-0.4, -0.2) is 54.9 Å². The Morgan fingerprint density at radius 2 is 1.95 bits per heavy atom. The summed E-state index contributed by atoms with van der Waals surface area (Å²) in [6.45, 7) is 8.92. The molecule has 1 heterocycles. The van der Waals surface area contributed by atoms with E-state index in [1.165, 1.54) is 0 Å². The molecule has 122 valence electrons. The minimum atomic E-state index is -0.773. The third kappa shape index (κ3) is 5.91. The van der Waals surface area contributed by atoms with Crippen LogP contribution >= 0.6 is 0 Å². The van der Waals surface area contributed by atoms with Gasteiger partial charge in [0, 0.05) is 32.8 Å². The molecule has 6 heteroatoms. The van der Waals surface area contributed by atoms with Crippen molar-refractivity contribution in [2.75, 3.05) is 32.8 Å². The Bertz CT molecular complexity index is 350. The number of carbonyl (C=O) groups is 2. The lowest BCUT2D eigenvalue weighted by Crippen LogP contribution is -2.48. The van der Waals surface area contributed by atoms with Gasteiger partial charge in [0.2, 0.25) is 0 Å². The molecule has 0 aromatic heterocycles. The van der Waals surface area contributed by atoms with Crippen LogP contribution in [0.3, 0.4) is 0 Å². The molecule has 0 aromatic rings. The van der Waals surface area contributed by atoms with Gasteiger partial charge < -0.3 is 20.1 Å². The highest BCUT2D eigenvalue weighted by Gasteiger charge is 2.37. The Morgan fingerprint density at radius 3 is 2.48 bits per heavy atom. The molecule has 0 aliphatic carbocycles. The van der Waals surface area contributed by atoms with Crippen molar-refractivity contribution in [3.05, 3.63) is 0 Å². The maximum atomic E-state index is 11.9. The number of carboxylic acids is 1. The molecule has 0 spiro atoms. The lowest BCUT2D eigenvalue weighted by atomic mass is 9.80. The molecule has 1 fully saturated rings. The van der Waals surface area contributed by atoms with Crippen LogP contribution in [0, 0.1) is 11.3 Å². The van der Waals surface area contributed by atoms with E-state index in [2.05, 4.69) is 19.2 Å². The standard InChI is InChI=1S/C15H28N2O4/c1-12(2)11-21-10-4-7-16-14(20)17-8-5-15(3,6-9-17)13(18)19/h12H,4-11H2,1-3H3,(H,16,20)(H,18,19). The van der Waals surface area contributed by atoms with Gasteiger partial charge >= 0.3 is 12.0 Å². The summed E-state index contributed by atoms with van der Waals surface area (Å²) < 4.78 is 5.45.